The maximum atomic E-state index is 11.9. The molecule has 0 aromatic carbocycles. The first-order valence-corrected chi connectivity index (χ1v) is 5.58. The van der Waals surface area contributed by atoms with Gasteiger partial charge in [0.2, 0.25) is 0 Å². The largest absolute Gasteiger partial charge is 0.443 e. The van der Waals surface area contributed by atoms with E-state index in [9.17, 15) is 4.79 Å². The van der Waals surface area contributed by atoms with Crippen LogP contribution in [-0.2, 0) is 4.74 Å². The Balaban J connectivity index is 2.27. The second kappa shape index (κ2) is 4.00. The van der Waals surface area contributed by atoms with Crippen LogP contribution in [0.3, 0.4) is 0 Å². The maximum Gasteiger partial charge on any atom is 0.420 e. The Morgan fingerprint density at radius 1 is 1.41 bits per heavy atom. The Bertz CT molecular complexity index is 485. The molecule has 2 rings (SSSR count). The smallest absolute Gasteiger partial charge is 0.420 e. The number of carbonyl (C=O) groups is 1. The van der Waals surface area contributed by atoms with E-state index in [0.717, 1.165) is 5.56 Å². The number of hydrogen-bond donors (Lipinski definition) is 2. The fourth-order valence-electron chi connectivity index (χ4n) is 1.45. The average molecular weight is 256 g/mol. The van der Waals surface area contributed by atoms with Gasteiger partial charge in [0, 0.05) is 11.8 Å². The number of aromatic nitrogens is 1. The Kier molecular flexibility index (Phi) is 2.79. The van der Waals surface area contributed by atoms with E-state index in [2.05, 4.69) is 10.9 Å². The number of halogens is 1. The molecule has 0 radical (unpaired) electrons. The molecule has 0 spiro atoms. The molecule has 1 aromatic heterocycles. The quantitative estimate of drug-likeness (QED) is 0.700. The minimum absolute atomic E-state index is 0.431. The molecule has 5 nitrogen and oxygen atoms in total. The lowest BCUT2D eigenvalue weighted by Gasteiger charge is -2.22. The van der Waals surface area contributed by atoms with Crippen molar-refractivity contribution in [1.82, 2.24) is 9.99 Å². The lowest BCUT2D eigenvalue weighted by molar-refractivity contribution is 0.0540. The zero-order valence-electron chi connectivity index (χ0n) is 9.87. The summed E-state index contributed by atoms with van der Waals surface area (Å²) in [5, 5.41) is 0.472. The van der Waals surface area contributed by atoms with Gasteiger partial charge in [0.25, 0.3) is 0 Å². The molecule has 1 aromatic rings. The summed E-state index contributed by atoms with van der Waals surface area (Å²) in [5.74, 6) is 0.614. The first-order chi connectivity index (χ1) is 7.87. The molecule has 0 aliphatic carbocycles. The van der Waals surface area contributed by atoms with Crippen molar-refractivity contribution in [2.45, 2.75) is 26.4 Å². The van der Waals surface area contributed by atoms with Crippen LogP contribution in [0.5, 0.6) is 0 Å². The highest BCUT2D eigenvalue weighted by Gasteiger charge is 2.22. The zero-order chi connectivity index (χ0) is 12.6. The van der Waals surface area contributed by atoms with Crippen molar-refractivity contribution in [1.29, 1.82) is 0 Å². The van der Waals surface area contributed by atoms with Crippen molar-refractivity contribution in [2.75, 3.05) is 5.43 Å². The molecular weight excluding hydrogens is 242 g/mol. The standard InChI is InChI=1S/C11H14ClN3O2/c1-11(2,3)17-10(16)15-5-4-7-6-8(12)13-14-9(7)15/h4-6,13-14H,1-3H3. The molecule has 0 saturated carbocycles. The van der Waals surface area contributed by atoms with E-state index in [0.29, 0.717) is 11.0 Å². The molecule has 0 unspecified atom stereocenters. The lowest BCUT2D eigenvalue weighted by atomic mass is 10.2. The average Bonchev–Trinajstić information content (AvgIpc) is 2.57. The Morgan fingerprint density at radius 2 is 2.12 bits per heavy atom. The van der Waals surface area contributed by atoms with Crippen LogP contribution in [0.2, 0.25) is 0 Å². The summed E-state index contributed by atoms with van der Waals surface area (Å²) in [4.78, 5) is 11.9. The minimum atomic E-state index is -0.524. The third-order valence-corrected chi connectivity index (χ3v) is 2.29. The van der Waals surface area contributed by atoms with E-state index in [-0.39, 0.29) is 0 Å². The molecule has 0 fully saturated rings. The fraction of sp³-hybridized carbons (Fsp3) is 0.364. The van der Waals surface area contributed by atoms with Crippen LogP contribution in [0, 0.1) is 0 Å². The maximum absolute atomic E-state index is 11.9. The van der Waals surface area contributed by atoms with Gasteiger partial charge in [-0.1, -0.05) is 11.6 Å². The molecule has 0 amide bonds. The molecule has 0 atom stereocenters. The molecule has 0 saturated heterocycles. The van der Waals surface area contributed by atoms with E-state index >= 15 is 0 Å². The van der Waals surface area contributed by atoms with Crippen molar-refractivity contribution in [3.8, 4) is 0 Å². The van der Waals surface area contributed by atoms with Crippen LogP contribution in [0.4, 0.5) is 10.6 Å². The van der Waals surface area contributed by atoms with Crippen LogP contribution in [0.25, 0.3) is 6.08 Å². The first kappa shape index (κ1) is 11.9. The van der Waals surface area contributed by atoms with E-state index in [1.54, 1.807) is 18.3 Å². The van der Waals surface area contributed by atoms with Crippen molar-refractivity contribution >= 4 is 29.6 Å². The van der Waals surface area contributed by atoms with E-state index in [1.165, 1.54) is 4.57 Å². The first-order valence-electron chi connectivity index (χ1n) is 5.21. The second-order valence-electron chi connectivity index (χ2n) is 4.71. The van der Waals surface area contributed by atoms with Gasteiger partial charge in [-0.25, -0.2) is 9.36 Å². The van der Waals surface area contributed by atoms with Crippen molar-refractivity contribution in [3.63, 3.8) is 0 Å². The highest BCUT2D eigenvalue weighted by atomic mass is 35.5. The van der Waals surface area contributed by atoms with Gasteiger partial charge in [-0.2, -0.15) is 0 Å². The van der Waals surface area contributed by atoms with Crippen LogP contribution in [-0.4, -0.2) is 16.3 Å². The SMILES string of the molecule is CC(C)(C)OC(=O)n1ccc2c1NNC(Cl)=C2. The van der Waals surface area contributed by atoms with Crippen molar-refractivity contribution in [2.24, 2.45) is 0 Å². The van der Waals surface area contributed by atoms with E-state index in [1.807, 2.05) is 20.8 Å². The molecule has 0 bridgehead atoms. The molecule has 6 heteroatoms. The van der Waals surface area contributed by atoms with Crippen LogP contribution >= 0.6 is 11.6 Å². The second-order valence-corrected chi connectivity index (χ2v) is 5.12. The Morgan fingerprint density at radius 3 is 2.76 bits per heavy atom. The van der Waals surface area contributed by atoms with E-state index in [4.69, 9.17) is 16.3 Å². The third kappa shape index (κ3) is 2.55. The molecule has 2 heterocycles. The van der Waals surface area contributed by atoms with Gasteiger partial charge < -0.3 is 4.74 Å². The third-order valence-electron chi connectivity index (χ3n) is 2.09. The van der Waals surface area contributed by atoms with Gasteiger partial charge in [-0.3, -0.25) is 10.9 Å². The summed E-state index contributed by atoms with van der Waals surface area (Å²) >= 11 is 5.80. The normalized spacial score (nSPS) is 14.2. The number of nitrogens with one attached hydrogen (secondary N) is 2. The number of carbonyl (C=O) groups excluding carboxylic acids is 1. The molecule has 1 aliphatic rings. The van der Waals surface area contributed by atoms with Crippen molar-refractivity contribution in [3.05, 3.63) is 23.0 Å². The van der Waals surface area contributed by atoms with Gasteiger partial charge in [0.15, 0.2) is 0 Å². The number of rotatable bonds is 0. The molecule has 1 aliphatic heterocycles. The van der Waals surface area contributed by atoms with Gasteiger partial charge in [-0.15, -0.1) is 0 Å². The van der Waals surface area contributed by atoms with Gasteiger partial charge in [-0.05, 0) is 32.9 Å². The summed E-state index contributed by atoms with van der Waals surface area (Å²) < 4.78 is 6.67. The summed E-state index contributed by atoms with van der Waals surface area (Å²) in [5.41, 5.74) is 5.88. The van der Waals surface area contributed by atoms with Crippen LogP contribution in [0.15, 0.2) is 17.4 Å². The Hall–Kier alpha value is -1.62. The van der Waals surface area contributed by atoms with E-state index < -0.39 is 11.7 Å². The minimum Gasteiger partial charge on any atom is -0.443 e. The topological polar surface area (TPSA) is 55.3 Å². The number of nitrogens with zero attached hydrogens (tertiary/aromatic N) is 1. The Labute approximate surface area is 104 Å². The summed E-state index contributed by atoms with van der Waals surface area (Å²) in [7, 11) is 0. The predicted molar refractivity (Wildman–Crippen MR) is 66.7 cm³/mol. The van der Waals surface area contributed by atoms with Gasteiger partial charge in [0.1, 0.15) is 16.6 Å². The summed E-state index contributed by atoms with van der Waals surface area (Å²) in [6.07, 6.45) is 2.94. The molecule has 92 valence electrons. The lowest BCUT2D eigenvalue weighted by Crippen LogP contribution is -2.30. The van der Waals surface area contributed by atoms with Crippen LogP contribution < -0.4 is 10.9 Å². The number of fused-ring (bicyclic) bond motifs is 1. The number of hydrogen-bond acceptors (Lipinski definition) is 4. The monoisotopic (exact) mass is 255 g/mol. The van der Waals surface area contributed by atoms with Crippen LogP contribution in [0.1, 0.15) is 26.3 Å². The summed E-state index contributed by atoms with van der Waals surface area (Å²) in [6, 6.07) is 1.79. The number of ether oxygens (including phenoxy) is 1. The zero-order valence-corrected chi connectivity index (χ0v) is 10.6. The molecular formula is C11H14ClN3O2. The predicted octanol–water partition coefficient (Wildman–Crippen LogP) is 2.74. The number of anilines is 1. The van der Waals surface area contributed by atoms with Crippen molar-refractivity contribution < 1.29 is 9.53 Å². The molecule has 17 heavy (non-hydrogen) atoms. The van der Waals surface area contributed by atoms with Gasteiger partial charge >= 0.3 is 6.09 Å². The molecule has 2 N–H and O–H groups in total. The fourth-order valence-corrected chi connectivity index (χ4v) is 1.62. The summed E-state index contributed by atoms with van der Waals surface area (Å²) in [6.45, 7) is 5.47. The highest BCUT2D eigenvalue weighted by molar-refractivity contribution is 6.31. The van der Waals surface area contributed by atoms with Gasteiger partial charge in [0.05, 0.1) is 0 Å². The number of hydrazine groups is 1. The highest BCUT2D eigenvalue weighted by Crippen LogP contribution is 2.25.